The predicted octanol–water partition coefficient (Wildman–Crippen LogP) is 2.90. The Morgan fingerprint density at radius 3 is 2.68 bits per heavy atom. The van der Waals surface area contributed by atoms with Crippen molar-refractivity contribution in [1.82, 2.24) is 10.2 Å². The van der Waals surface area contributed by atoms with E-state index in [9.17, 15) is 0 Å². The monoisotopic (exact) mass is 270 g/mol. The number of rotatable bonds is 9. The molecule has 19 heavy (non-hydrogen) atoms. The second kappa shape index (κ2) is 9.73. The van der Waals surface area contributed by atoms with Crippen LogP contribution in [0.3, 0.4) is 0 Å². The summed E-state index contributed by atoms with van der Waals surface area (Å²) in [5.74, 6) is 0.715. The summed E-state index contributed by atoms with van der Waals surface area (Å²) in [7, 11) is 2.24. The number of nitrogens with zero attached hydrogens (tertiary/aromatic N) is 1. The maximum Gasteiger partial charge on any atom is 0.0700 e. The minimum absolute atomic E-state index is 0.388. The smallest absolute Gasteiger partial charge is 0.0700 e. The van der Waals surface area contributed by atoms with Gasteiger partial charge >= 0.3 is 0 Å². The van der Waals surface area contributed by atoms with Crippen LogP contribution in [-0.2, 0) is 4.74 Å². The molecule has 0 aromatic heterocycles. The van der Waals surface area contributed by atoms with E-state index in [2.05, 4.69) is 38.0 Å². The van der Waals surface area contributed by atoms with Crippen molar-refractivity contribution in [2.45, 2.75) is 65.0 Å². The Morgan fingerprint density at radius 1 is 1.26 bits per heavy atom. The van der Waals surface area contributed by atoms with Crippen molar-refractivity contribution in [3.05, 3.63) is 0 Å². The molecular weight excluding hydrogens is 236 g/mol. The lowest BCUT2D eigenvalue weighted by molar-refractivity contribution is 0.000192. The van der Waals surface area contributed by atoms with Crippen molar-refractivity contribution in [2.24, 2.45) is 5.92 Å². The number of hydrogen-bond donors (Lipinski definition) is 1. The first-order valence-electron chi connectivity index (χ1n) is 8.16. The molecular formula is C16H34N2O. The molecule has 1 fully saturated rings. The fourth-order valence-electron chi connectivity index (χ4n) is 2.70. The van der Waals surface area contributed by atoms with Gasteiger partial charge in [0.1, 0.15) is 0 Å². The van der Waals surface area contributed by atoms with E-state index in [1.54, 1.807) is 0 Å². The van der Waals surface area contributed by atoms with Crippen LogP contribution < -0.4 is 5.32 Å². The summed E-state index contributed by atoms with van der Waals surface area (Å²) in [6.07, 6.45) is 6.77. The Bertz CT molecular complexity index is 221. The lowest BCUT2D eigenvalue weighted by Crippen LogP contribution is -2.41. The van der Waals surface area contributed by atoms with Crippen LogP contribution in [0, 0.1) is 5.92 Å². The van der Waals surface area contributed by atoms with Gasteiger partial charge in [-0.3, -0.25) is 0 Å². The summed E-state index contributed by atoms with van der Waals surface area (Å²) >= 11 is 0. The van der Waals surface area contributed by atoms with E-state index in [4.69, 9.17) is 4.74 Å². The zero-order valence-electron chi connectivity index (χ0n) is 13.5. The SMILES string of the molecule is CCCC(CNCC(C)C)OCC1CCCCN1C. The summed E-state index contributed by atoms with van der Waals surface area (Å²) in [5.41, 5.74) is 0. The van der Waals surface area contributed by atoms with Gasteiger partial charge in [0.15, 0.2) is 0 Å². The Hall–Kier alpha value is -0.120. The van der Waals surface area contributed by atoms with Crippen LogP contribution >= 0.6 is 0 Å². The van der Waals surface area contributed by atoms with Gasteiger partial charge in [-0.25, -0.2) is 0 Å². The highest BCUT2D eigenvalue weighted by Gasteiger charge is 2.20. The van der Waals surface area contributed by atoms with Crippen molar-refractivity contribution in [3.63, 3.8) is 0 Å². The van der Waals surface area contributed by atoms with Crippen molar-refractivity contribution in [3.8, 4) is 0 Å². The van der Waals surface area contributed by atoms with Gasteiger partial charge in [0.25, 0.3) is 0 Å². The van der Waals surface area contributed by atoms with E-state index >= 15 is 0 Å². The van der Waals surface area contributed by atoms with E-state index in [0.29, 0.717) is 18.1 Å². The van der Waals surface area contributed by atoms with Gasteiger partial charge in [0.2, 0.25) is 0 Å². The van der Waals surface area contributed by atoms with Crippen molar-refractivity contribution >= 4 is 0 Å². The molecule has 1 N–H and O–H groups in total. The highest BCUT2D eigenvalue weighted by atomic mass is 16.5. The number of nitrogens with one attached hydrogen (secondary N) is 1. The molecule has 3 nitrogen and oxygen atoms in total. The Kier molecular flexibility index (Phi) is 8.67. The summed E-state index contributed by atoms with van der Waals surface area (Å²) < 4.78 is 6.17. The van der Waals surface area contributed by atoms with Crippen LogP contribution in [0.15, 0.2) is 0 Å². The molecule has 1 aliphatic heterocycles. The maximum absolute atomic E-state index is 6.17. The average Bonchev–Trinajstić information content (AvgIpc) is 2.37. The molecule has 2 atom stereocenters. The maximum atomic E-state index is 6.17. The van der Waals surface area contributed by atoms with Crippen LogP contribution in [0.5, 0.6) is 0 Å². The van der Waals surface area contributed by atoms with Gasteiger partial charge in [-0.2, -0.15) is 0 Å². The van der Waals surface area contributed by atoms with Gasteiger partial charge in [0.05, 0.1) is 12.7 Å². The zero-order chi connectivity index (χ0) is 14.1. The third kappa shape index (κ3) is 7.28. The number of hydrogen-bond acceptors (Lipinski definition) is 3. The topological polar surface area (TPSA) is 24.5 Å². The van der Waals surface area contributed by atoms with Crippen molar-refractivity contribution < 1.29 is 4.74 Å². The van der Waals surface area contributed by atoms with Gasteiger partial charge in [-0.1, -0.05) is 33.6 Å². The molecule has 1 aliphatic rings. The number of likely N-dealkylation sites (N-methyl/N-ethyl adjacent to an activating group) is 1. The van der Waals surface area contributed by atoms with Gasteiger partial charge in [-0.05, 0) is 45.3 Å². The largest absolute Gasteiger partial charge is 0.375 e. The highest BCUT2D eigenvalue weighted by molar-refractivity contribution is 4.74. The molecule has 3 heteroatoms. The first-order chi connectivity index (χ1) is 9.13. The molecule has 0 radical (unpaired) electrons. The lowest BCUT2D eigenvalue weighted by atomic mass is 10.0. The average molecular weight is 270 g/mol. The van der Waals surface area contributed by atoms with E-state index < -0.39 is 0 Å². The minimum Gasteiger partial charge on any atom is -0.375 e. The normalized spacial score (nSPS) is 22.9. The molecule has 1 saturated heterocycles. The summed E-state index contributed by atoms with van der Waals surface area (Å²) in [6, 6.07) is 0.637. The fraction of sp³-hybridized carbons (Fsp3) is 1.00. The third-order valence-electron chi connectivity index (χ3n) is 3.98. The number of likely N-dealkylation sites (tertiary alicyclic amines) is 1. The second-order valence-corrected chi connectivity index (χ2v) is 6.43. The standard InChI is InChI=1S/C16H34N2O/c1-5-8-16(12-17-11-14(2)3)19-13-15-9-6-7-10-18(15)4/h14-17H,5-13H2,1-4H3. The second-order valence-electron chi connectivity index (χ2n) is 6.43. The van der Waals surface area contributed by atoms with Crippen LogP contribution in [0.2, 0.25) is 0 Å². The molecule has 0 aliphatic carbocycles. The predicted molar refractivity (Wildman–Crippen MR) is 82.6 cm³/mol. The molecule has 0 bridgehead atoms. The fourth-order valence-corrected chi connectivity index (χ4v) is 2.70. The number of piperidine rings is 1. The van der Waals surface area contributed by atoms with E-state index in [0.717, 1.165) is 19.7 Å². The van der Waals surface area contributed by atoms with Gasteiger partial charge in [-0.15, -0.1) is 0 Å². The Balaban J connectivity index is 2.23. The van der Waals surface area contributed by atoms with Crippen molar-refractivity contribution in [1.29, 1.82) is 0 Å². The van der Waals surface area contributed by atoms with Gasteiger partial charge < -0.3 is 15.0 Å². The van der Waals surface area contributed by atoms with Crippen LogP contribution in [0.1, 0.15) is 52.9 Å². The Morgan fingerprint density at radius 2 is 2.05 bits per heavy atom. The third-order valence-corrected chi connectivity index (χ3v) is 3.98. The number of ether oxygens (including phenoxy) is 1. The molecule has 0 amide bonds. The van der Waals surface area contributed by atoms with E-state index in [1.807, 2.05) is 0 Å². The molecule has 0 saturated carbocycles. The first kappa shape index (κ1) is 16.9. The van der Waals surface area contributed by atoms with Crippen molar-refractivity contribution in [2.75, 3.05) is 33.3 Å². The Labute approximate surface area is 120 Å². The van der Waals surface area contributed by atoms with Crippen LogP contribution in [0.25, 0.3) is 0 Å². The molecule has 0 aromatic rings. The molecule has 1 rings (SSSR count). The molecule has 0 aromatic carbocycles. The molecule has 0 spiro atoms. The molecule has 1 heterocycles. The van der Waals surface area contributed by atoms with E-state index in [1.165, 1.54) is 38.6 Å². The summed E-state index contributed by atoms with van der Waals surface area (Å²) in [4.78, 5) is 2.47. The highest BCUT2D eigenvalue weighted by Crippen LogP contribution is 2.16. The first-order valence-corrected chi connectivity index (χ1v) is 8.16. The van der Waals surface area contributed by atoms with Crippen LogP contribution in [-0.4, -0.2) is 50.3 Å². The quantitative estimate of drug-likeness (QED) is 0.697. The summed E-state index contributed by atoms with van der Waals surface area (Å²) in [5, 5.41) is 3.53. The van der Waals surface area contributed by atoms with Gasteiger partial charge in [0, 0.05) is 12.6 Å². The molecule has 114 valence electrons. The van der Waals surface area contributed by atoms with E-state index in [-0.39, 0.29) is 0 Å². The molecule has 2 unspecified atom stereocenters. The van der Waals surface area contributed by atoms with Crippen LogP contribution in [0.4, 0.5) is 0 Å². The zero-order valence-corrected chi connectivity index (χ0v) is 13.5. The lowest BCUT2D eigenvalue weighted by Gasteiger charge is -2.33. The minimum atomic E-state index is 0.388. The summed E-state index contributed by atoms with van der Waals surface area (Å²) in [6.45, 7) is 11.0.